The molecule has 0 aliphatic carbocycles. The summed E-state index contributed by atoms with van der Waals surface area (Å²) in [4.78, 5) is 2.33. The molecule has 5 nitrogen and oxygen atoms in total. The van der Waals surface area contributed by atoms with Crippen LogP contribution in [-0.4, -0.2) is 57.8 Å². The van der Waals surface area contributed by atoms with Gasteiger partial charge in [0.25, 0.3) is 0 Å². The van der Waals surface area contributed by atoms with Gasteiger partial charge in [-0.05, 0) is 33.4 Å². The zero-order chi connectivity index (χ0) is 12.0. The van der Waals surface area contributed by atoms with Crippen molar-refractivity contribution in [3.8, 4) is 0 Å². The van der Waals surface area contributed by atoms with Gasteiger partial charge in [0.2, 0.25) is 10.0 Å². The molecule has 1 fully saturated rings. The van der Waals surface area contributed by atoms with Gasteiger partial charge < -0.3 is 5.32 Å². The van der Waals surface area contributed by atoms with Gasteiger partial charge in [0.05, 0.1) is 5.75 Å². The second kappa shape index (κ2) is 10.2. The molecule has 18 heavy (non-hydrogen) atoms. The summed E-state index contributed by atoms with van der Waals surface area (Å²) in [7, 11) is -3.05. The molecule has 0 saturated carbocycles. The van der Waals surface area contributed by atoms with Crippen LogP contribution in [0.2, 0.25) is 0 Å². The molecule has 1 aliphatic rings. The fourth-order valence-corrected chi connectivity index (χ4v) is 2.49. The van der Waals surface area contributed by atoms with Crippen LogP contribution in [0.25, 0.3) is 0 Å². The Morgan fingerprint density at radius 3 is 2.56 bits per heavy atom. The lowest BCUT2D eigenvalue weighted by atomic mass is 10.2. The van der Waals surface area contributed by atoms with E-state index in [1.807, 2.05) is 0 Å². The quantitative estimate of drug-likeness (QED) is 0.772. The summed E-state index contributed by atoms with van der Waals surface area (Å²) in [5.41, 5.74) is 0. The minimum Gasteiger partial charge on any atom is -0.315 e. The smallest absolute Gasteiger partial charge is 0.211 e. The van der Waals surface area contributed by atoms with Crippen LogP contribution in [0, 0.1) is 0 Å². The Morgan fingerprint density at radius 1 is 1.28 bits per heavy atom. The molecular weight excluding hydrogens is 297 g/mol. The van der Waals surface area contributed by atoms with Crippen molar-refractivity contribution in [1.82, 2.24) is 14.9 Å². The first-order valence-electron chi connectivity index (χ1n) is 5.97. The Morgan fingerprint density at radius 2 is 1.94 bits per heavy atom. The number of nitrogens with zero attached hydrogens (tertiary/aromatic N) is 1. The van der Waals surface area contributed by atoms with Crippen LogP contribution in [0.3, 0.4) is 0 Å². The largest absolute Gasteiger partial charge is 0.315 e. The third-order valence-electron chi connectivity index (χ3n) is 2.98. The molecule has 0 spiro atoms. The molecule has 0 radical (unpaired) electrons. The van der Waals surface area contributed by atoms with E-state index < -0.39 is 10.0 Å². The Kier molecular flexibility index (Phi) is 11.8. The van der Waals surface area contributed by atoms with Crippen molar-refractivity contribution in [3.05, 3.63) is 0 Å². The summed E-state index contributed by atoms with van der Waals surface area (Å²) in [6.07, 6.45) is 1.13. The highest BCUT2D eigenvalue weighted by Crippen LogP contribution is 2.02. The van der Waals surface area contributed by atoms with Crippen molar-refractivity contribution in [2.45, 2.75) is 26.3 Å². The topological polar surface area (TPSA) is 61.4 Å². The highest BCUT2D eigenvalue weighted by molar-refractivity contribution is 7.89. The van der Waals surface area contributed by atoms with E-state index in [0.717, 1.165) is 32.6 Å². The second-order valence-corrected chi connectivity index (χ2v) is 6.34. The fraction of sp³-hybridized carbons (Fsp3) is 1.00. The van der Waals surface area contributed by atoms with Crippen molar-refractivity contribution in [2.75, 3.05) is 38.5 Å². The molecular formula is C10H25Cl2N3O2S. The summed E-state index contributed by atoms with van der Waals surface area (Å²) in [6, 6.07) is 0.265. The first-order valence-corrected chi connectivity index (χ1v) is 7.62. The molecule has 1 atom stereocenters. The lowest BCUT2D eigenvalue weighted by Crippen LogP contribution is -2.43. The number of hydrogen-bond acceptors (Lipinski definition) is 4. The molecule has 0 aromatic carbocycles. The number of nitrogens with one attached hydrogen (secondary N) is 2. The molecule has 1 aliphatic heterocycles. The van der Waals surface area contributed by atoms with Crippen LogP contribution in [0.4, 0.5) is 0 Å². The van der Waals surface area contributed by atoms with E-state index in [4.69, 9.17) is 0 Å². The van der Waals surface area contributed by atoms with Crippen LogP contribution in [0.5, 0.6) is 0 Å². The summed E-state index contributed by atoms with van der Waals surface area (Å²) >= 11 is 0. The van der Waals surface area contributed by atoms with Gasteiger partial charge in [0, 0.05) is 25.7 Å². The standard InChI is InChI=1S/C10H23N3O2S.2ClH/c1-3-16(14,15)12-9-10(2)13-7-4-5-11-6-8-13;;/h10-12H,3-9H2,1-2H3;2*1H. The van der Waals surface area contributed by atoms with Crippen LogP contribution < -0.4 is 10.0 Å². The Hall–Kier alpha value is 0.410. The molecule has 1 unspecified atom stereocenters. The second-order valence-electron chi connectivity index (χ2n) is 4.24. The zero-order valence-electron chi connectivity index (χ0n) is 11.0. The normalized spacial score (nSPS) is 19.2. The molecule has 8 heteroatoms. The summed E-state index contributed by atoms with van der Waals surface area (Å²) in [6.45, 7) is 8.33. The van der Waals surface area contributed by atoms with Crippen LogP contribution in [0.15, 0.2) is 0 Å². The average molecular weight is 322 g/mol. The Bertz CT molecular complexity index is 293. The van der Waals surface area contributed by atoms with Gasteiger partial charge in [-0.2, -0.15) is 0 Å². The van der Waals surface area contributed by atoms with E-state index in [9.17, 15) is 8.42 Å². The minimum absolute atomic E-state index is 0. The van der Waals surface area contributed by atoms with Gasteiger partial charge in [-0.25, -0.2) is 13.1 Å². The van der Waals surface area contributed by atoms with Crippen molar-refractivity contribution in [2.24, 2.45) is 0 Å². The molecule has 0 aromatic rings. The van der Waals surface area contributed by atoms with E-state index in [-0.39, 0.29) is 36.6 Å². The maximum absolute atomic E-state index is 11.3. The van der Waals surface area contributed by atoms with E-state index >= 15 is 0 Å². The van der Waals surface area contributed by atoms with E-state index in [1.165, 1.54) is 0 Å². The van der Waals surface area contributed by atoms with Gasteiger partial charge in [-0.1, -0.05) is 0 Å². The van der Waals surface area contributed by atoms with E-state index in [1.54, 1.807) is 6.92 Å². The minimum atomic E-state index is -3.05. The number of rotatable bonds is 5. The average Bonchev–Trinajstić information content (AvgIpc) is 2.54. The maximum atomic E-state index is 11.3. The maximum Gasteiger partial charge on any atom is 0.211 e. The van der Waals surface area contributed by atoms with E-state index in [2.05, 4.69) is 21.9 Å². The van der Waals surface area contributed by atoms with Gasteiger partial charge in [0.1, 0.15) is 0 Å². The SMILES string of the molecule is CCS(=O)(=O)NCC(C)N1CCCNCC1.Cl.Cl. The van der Waals surface area contributed by atoms with Crippen molar-refractivity contribution >= 4 is 34.8 Å². The lowest BCUT2D eigenvalue weighted by molar-refractivity contribution is 0.224. The van der Waals surface area contributed by atoms with Gasteiger partial charge in [-0.3, -0.25) is 4.90 Å². The molecule has 0 aromatic heterocycles. The summed E-state index contributed by atoms with van der Waals surface area (Å²) in [5, 5.41) is 3.34. The molecule has 2 N–H and O–H groups in total. The molecule has 1 rings (SSSR count). The fourth-order valence-electron chi connectivity index (χ4n) is 1.79. The first kappa shape index (κ1) is 20.7. The van der Waals surface area contributed by atoms with Crippen molar-refractivity contribution in [1.29, 1.82) is 0 Å². The van der Waals surface area contributed by atoms with Crippen molar-refractivity contribution in [3.63, 3.8) is 0 Å². The van der Waals surface area contributed by atoms with Gasteiger partial charge in [0.15, 0.2) is 0 Å². The monoisotopic (exact) mass is 321 g/mol. The summed E-state index contributed by atoms with van der Waals surface area (Å²) < 4.78 is 25.3. The zero-order valence-corrected chi connectivity index (χ0v) is 13.5. The molecule has 112 valence electrons. The number of halogens is 2. The van der Waals surface area contributed by atoms with Crippen LogP contribution >= 0.6 is 24.8 Å². The molecule has 0 amide bonds. The molecule has 1 heterocycles. The third-order valence-corrected chi connectivity index (χ3v) is 4.34. The highest BCUT2D eigenvalue weighted by Gasteiger charge is 2.17. The predicted molar refractivity (Wildman–Crippen MR) is 80.5 cm³/mol. The van der Waals surface area contributed by atoms with Crippen LogP contribution in [-0.2, 0) is 10.0 Å². The Labute approximate surface area is 123 Å². The van der Waals surface area contributed by atoms with E-state index in [0.29, 0.717) is 6.54 Å². The highest BCUT2D eigenvalue weighted by atomic mass is 35.5. The number of sulfonamides is 1. The van der Waals surface area contributed by atoms with Gasteiger partial charge in [-0.15, -0.1) is 24.8 Å². The Balaban J connectivity index is 0. The predicted octanol–water partition coefficient (Wildman–Crippen LogP) is 0.453. The van der Waals surface area contributed by atoms with Crippen LogP contribution in [0.1, 0.15) is 20.3 Å². The third kappa shape index (κ3) is 7.76. The van der Waals surface area contributed by atoms with Gasteiger partial charge >= 0.3 is 0 Å². The molecule has 0 bridgehead atoms. The van der Waals surface area contributed by atoms with Crippen molar-refractivity contribution < 1.29 is 8.42 Å². The lowest BCUT2D eigenvalue weighted by Gasteiger charge is -2.27. The first-order chi connectivity index (χ1) is 7.55. The number of hydrogen-bond donors (Lipinski definition) is 2. The summed E-state index contributed by atoms with van der Waals surface area (Å²) in [5.74, 6) is 0.154. The molecule has 1 saturated heterocycles.